The molecule has 1 saturated heterocycles. The molecular formula is C10H14N4O. The molecule has 0 unspecified atom stereocenters. The van der Waals surface area contributed by atoms with Gasteiger partial charge in [-0.05, 0) is 19.3 Å². The fourth-order valence-electron chi connectivity index (χ4n) is 2.11. The van der Waals surface area contributed by atoms with Crippen LogP contribution in [0.2, 0.25) is 0 Å². The Hall–Kier alpha value is -1.70. The van der Waals surface area contributed by atoms with Crippen molar-refractivity contribution in [1.82, 2.24) is 9.78 Å². The van der Waals surface area contributed by atoms with Gasteiger partial charge in [-0.15, -0.1) is 0 Å². The Bertz CT molecular complexity index is 445. The molecule has 0 aromatic carbocycles. The Morgan fingerprint density at radius 1 is 1.33 bits per heavy atom. The van der Waals surface area contributed by atoms with E-state index in [2.05, 4.69) is 10.00 Å². The Kier molecular flexibility index (Phi) is 2.50. The van der Waals surface area contributed by atoms with Gasteiger partial charge in [-0.2, -0.15) is 5.26 Å². The summed E-state index contributed by atoms with van der Waals surface area (Å²) < 4.78 is 1.65. The van der Waals surface area contributed by atoms with Gasteiger partial charge in [0.1, 0.15) is 11.9 Å². The monoisotopic (exact) mass is 206 g/mol. The van der Waals surface area contributed by atoms with Gasteiger partial charge in [0.05, 0.1) is 0 Å². The molecule has 0 amide bonds. The maximum atomic E-state index is 11.4. The number of nitrogens with zero attached hydrogens (tertiary/aromatic N) is 3. The fraction of sp³-hybridized carbons (Fsp3) is 0.600. The number of aryl methyl sites for hydroxylation is 1. The van der Waals surface area contributed by atoms with Crippen LogP contribution in [0.5, 0.6) is 0 Å². The van der Waals surface area contributed by atoms with E-state index in [1.165, 1.54) is 6.42 Å². The first-order valence-electron chi connectivity index (χ1n) is 5.18. The van der Waals surface area contributed by atoms with Crippen LogP contribution in [0.4, 0.5) is 5.82 Å². The van der Waals surface area contributed by atoms with Crippen molar-refractivity contribution in [2.45, 2.75) is 19.3 Å². The Labute approximate surface area is 87.9 Å². The highest BCUT2D eigenvalue weighted by Crippen LogP contribution is 2.20. The predicted octanol–water partition coefficient (Wildman–Crippen LogP) is 0.575. The zero-order valence-electron chi connectivity index (χ0n) is 8.79. The van der Waals surface area contributed by atoms with E-state index in [0.29, 0.717) is 0 Å². The SMILES string of the molecule is Cn1[nH]c(=O)c(C#N)c1N1CCCCC1. The first kappa shape index (κ1) is 9.84. The van der Waals surface area contributed by atoms with Crippen LogP contribution in [-0.2, 0) is 7.05 Å². The van der Waals surface area contributed by atoms with Crippen LogP contribution in [0.1, 0.15) is 24.8 Å². The van der Waals surface area contributed by atoms with Gasteiger partial charge >= 0.3 is 0 Å². The van der Waals surface area contributed by atoms with Crippen LogP contribution in [0.25, 0.3) is 0 Å². The second kappa shape index (κ2) is 3.81. The van der Waals surface area contributed by atoms with Crippen molar-refractivity contribution in [3.63, 3.8) is 0 Å². The molecule has 0 atom stereocenters. The highest BCUT2D eigenvalue weighted by molar-refractivity contribution is 5.53. The van der Waals surface area contributed by atoms with Crippen molar-refractivity contribution >= 4 is 5.82 Å². The van der Waals surface area contributed by atoms with E-state index >= 15 is 0 Å². The summed E-state index contributed by atoms with van der Waals surface area (Å²) in [5, 5.41) is 11.6. The number of H-pyrrole nitrogens is 1. The molecule has 1 aliphatic rings. The van der Waals surface area contributed by atoms with Gasteiger partial charge in [0.25, 0.3) is 5.56 Å². The topological polar surface area (TPSA) is 64.8 Å². The van der Waals surface area contributed by atoms with Crippen molar-refractivity contribution in [2.24, 2.45) is 7.05 Å². The molecule has 5 heteroatoms. The van der Waals surface area contributed by atoms with Gasteiger partial charge in [0.15, 0.2) is 5.56 Å². The van der Waals surface area contributed by atoms with E-state index < -0.39 is 0 Å². The first-order chi connectivity index (χ1) is 7.24. The third-order valence-electron chi connectivity index (χ3n) is 2.81. The Morgan fingerprint density at radius 2 is 2.00 bits per heavy atom. The summed E-state index contributed by atoms with van der Waals surface area (Å²) >= 11 is 0. The average Bonchev–Trinajstić information content (AvgIpc) is 2.54. The molecule has 80 valence electrons. The Morgan fingerprint density at radius 3 is 2.60 bits per heavy atom. The van der Waals surface area contributed by atoms with E-state index in [1.807, 2.05) is 6.07 Å². The molecule has 0 spiro atoms. The number of nitrogens with one attached hydrogen (secondary N) is 1. The summed E-state index contributed by atoms with van der Waals surface area (Å²) in [6, 6.07) is 1.98. The van der Waals surface area contributed by atoms with Crippen LogP contribution in [0.3, 0.4) is 0 Å². The molecule has 1 N–H and O–H groups in total. The third-order valence-corrected chi connectivity index (χ3v) is 2.81. The number of nitriles is 1. The second-order valence-corrected chi connectivity index (χ2v) is 3.86. The first-order valence-corrected chi connectivity index (χ1v) is 5.18. The normalized spacial score (nSPS) is 16.4. The standard InChI is InChI=1S/C10H14N4O/c1-13-10(8(7-11)9(15)12-13)14-5-3-2-4-6-14/h2-6H2,1H3,(H,12,15). The smallest absolute Gasteiger partial charge is 0.284 e. The minimum Gasteiger partial charge on any atom is -0.356 e. The quantitative estimate of drug-likeness (QED) is 0.730. The van der Waals surface area contributed by atoms with Crippen LogP contribution in [-0.4, -0.2) is 22.9 Å². The summed E-state index contributed by atoms with van der Waals surface area (Å²) in [5.74, 6) is 0.738. The molecule has 0 saturated carbocycles. The van der Waals surface area contributed by atoms with E-state index in [9.17, 15) is 4.79 Å². The van der Waals surface area contributed by atoms with E-state index in [-0.39, 0.29) is 11.1 Å². The average molecular weight is 206 g/mol. The third kappa shape index (κ3) is 1.63. The number of aromatic nitrogens is 2. The Balaban J connectivity index is 2.42. The summed E-state index contributed by atoms with van der Waals surface area (Å²) in [6.07, 6.45) is 3.49. The summed E-state index contributed by atoms with van der Waals surface area (Å²) in [6.45, 7) is 1.86. The predicted molar refractivity (Wildman–Crippen MR) is 56.8 cm³/mol. The van der Waals surface area contributed by atoms with Gasteiger partial charge in [-0.25, -0.2) is 0 Å². The number of hydrogen-bond acceptors (Lipinski definition) is 3. The lowest BCUT2D eigenvalue weighted by molar-refractivity contribution is 0.561. The lowest BCUT2D eigenvalue weighted by Crippen LogP contribution is -2.31. The zero-order valence-corrected chi connectivity index (χ0v) is 8.79. The van der Waals surface area contributed by atoms with E-state index in [4.69, 9.17) is 5.26 Å². The summed E-state index contributed by atoms with van der Waals surface area (Å²) in [5.41, 5.74) is -0.0556. The van der Waals surface area contributed by atoms with Gasteiger partial charge < -0.3 is 4.90 Å². The van der Waals surface area contributed by atoms with E-state index in [1.54, 1.807) is 11.7 Å². The number of hydrogen-bond donors (Lipinski definition) is 1. The van der Waals surface area contributed by atoms with Gasteiger partial charge in [-0.3, -0.25) is 14.6 Å². The van der Waals surface area contributed by atoms with Crippen molar-refractivity contribution < 1.29 is 0 Å². The number of aromatic amines is 1. The molecule has 1 fully saturated rings. The number of anilines is 1. The molecule has 0 bridgehead atoms. The fourth-order valence-corrected chi connectivity index (χ4v) is 2.11. The molecule has 2 heterocycles. The molecule has 1 aromatic rings. The van der Waals surface area contributed by atoms with Crippen LogP contribution >= 0.6 is 0 Å². The zero-order chi connectivity index (χ0) is 10.8. The minimum atomic E-state index is -0.291. The minimum absolute atomic E-state index is 0.236. The molecule has 15 heavy (non-hydrogen) atoms. The molecule has 2 rings (SSSR count). The van der Waals surface area contributed by atoms with Crippen LogP contribution in [0, 0.1) is 11.3 Å². The molecule has 0 aliphatic carbocycles. The highest BCUT2D eigenvalue weighted by Gasteiger charge is 2.20. The second-order valence-electron chi connectivity index (χ2n) is 3.86. The van der Waals surface area contributed by atoms with Crippen LogP contribution < -0.4 is 10.5 Å². The molecule has 1 aliphatic heterocycles. The van der Waals surface area contributed by atoms with Crippen molar-refractivity contribution in [3.8, 4) is 6.07 Å². The molecular weight excluding hydrogens is 192 g/mol. The summed E-state index contributed by atoms with van der Waals surface area (Å²) in [4.78, 5) is 13.5. The highest BCUT2D eigenvalue weighted by atomic mass is 16.1. The number of piperidine rings is 1. The largest absolute Gasteiger partial charge is 0.356 e. The number of rotatable bonds is 1. The molecule has 1 aromatic heterocycles. The van der Waals surface area contributed by atoms with Gasteiger partial charge in [0.2, 0.25) is 0 Å². The van der Waals surface area contributed by atoms with Crippen molar-refractivity contribution in [2.75, 3.05) is 18.0 Å². The lowest BCUT2D eigenvalue weighted by Gasteiger charge is -2.28. The lowest BCUT2D eigenvalue weighted by atomic mass is 10.1. The van der Waals surface area contributed by atoms with Crippen molar-refractivity contribution in [1.29, 1.82) is 5.26 Å². The molecule has 0 radical (unpaired) electrons. The van der Waals surface area contributed by atoms with Crippen LogP contribution in [0.15, 0.2) is 4.79 Å². The molecule has 5 nitrogen and oxygen atoms in total. The van der Waals surface area contributed by atoms with Gasteiger partial charge in [0, 0.05) is 20.1 Å². The maximum Gasteiger partial charge on any atom is 0.284 e. The summed E-state index contributed by atoms with van der Waals surface area (Å²) in [7, 11) is 1.77. The van der Waals surface area contributed by atoms with Crippen molar-refractivity contribution in [3.05, 3.63) is 15.9 Å². The van der Waals surface area contributed by atoms with Gasteiger partial charge in [-0.1, -0.05) is 0 Å². The van der Waals surface area contributed by atoms with E-state index in [0.717, 1.165) is 31.7 Å². The maximum absolute atomic E-state index is 11.4.